The van der Waals surface area contributed by atoms with Gasteiger partial charge in [-0.05, 0) is 43.6 Å². The fourth-order valence-electron chi connectivity index (χ4n) is 2.16. The lowest BCUT2D eigenvalue weighted by Crippen LogP contribution is -2.20. The second-order valence-corrected chi connectivity index (χ2v) is 4.95. The van der Waals surface area contributed by atoms with Crippen molar-refractivity contribution in [3.05, 3.63) is 23.8 Å². The molecule has 1 heterocycles. The van der Waals surface area contributed by atoms with Crippen LogP contribution in [0.5, 0.6) is 11.5 Å². The molecule has 1 unspecified atom stereocenters. The highest BCUT2D eigenvalue weighted by Crippen LogP contribution is 2.33. The van der Waals surface area contributed by atoms with E-state index in [1.54, 1.807) is 0 Å². The number of aliphatic carboxylic acids is 1. The van der Waals surface area contributed by atoms with E-state index in [0.717, 1.165) is 5.56 Å². The van der Waals surface area contributed by atoms with Gasteiger partial charge in [0.15, 0.2) is 11.5 Å². The number of carbonyl (C=O) groups is 1. The minimum atomic E-state index is -0.784. The van der Waals surface area contributed by atoms with E-state index < -0.39 is 12.1 Å². The monoisotopic (exact) mass is 295 g/mol. The number of aliphatic hydroxyl groups excluding tert-OH is 1. The maximum Gasteiger partial charge on any atom is 0.303 e. The lowest BCUT2D eigenvalue weighted by molar-refractivity contribution is -0.137. The predicted octanol–water partition coefficient (Wildman–Crippen LogP) is 1.34. The first-order valence-corrected chi connectivity index (χ1v) is 7.17. The number of hydrogen-bond donors (Lipinski definition) is 3. The molecule has 0 aromatic heterocycles. The summed E-state index contributed by atoms with van der Waals surface area (Å²) in [6.07, 6.45) is 0.743. The third-order valence-corrected chi connectivity index (χ3v) is 3.29. The summed E-state index contributed by atoms with van der Waals surface area (Å²) >= 11 is 0. The molecule has 21 heavy (non-hydrogen) atoms. The van der Waals surface area contributed by atoms with Gasteiger partial charge in [0, 0.05) is 6.42 Å². The largest absolute Gasteiger partial charge is 0.486 e. The van der Waals surface area contributed by atoms with Crippen LogP contribution in [0, 0.1) is 0 Å². The lowest BCUT2D eigenvalue weighted by atomic mass is 10.1. The van der Waals surface area contributed by atoms with Crippen LogP contribution in [0.2, 0.25) is 0 Å². The van der Waals surface area contributed by atoms with E-state index in [9.17, 15) is 9.90 Å². The van der Waals surface area contributed by atoms with Gasteiger partial charge in [0.05, 0.1) is 6.10 Å². The summed E-state index contributed by atoms with van der Waals surface area (Å²) in [4.78, 5) is 10.4. The van der Waals surface area contributed by atoms with E-state index >= 15 is 0 Å². The maximum absolute atomic E-state index is 10.4. The smallest absolute Gasteiger partial charge is 0.303 e. The summed E-state index contributed by atoms with van der Waals surface area (Å²) in [5, 5.41) is 21.8. The molecule has 2 rings (SSSR count). The van der Waals surface area contributed by atoms with Gasteiger partial charge in [-0.15, -0.1) is 0 Å². The van der Waals surface area contributed by atoms with E-state index in [4.69, 9.17) is 14.6 Å². The normalized spacial score (nSPS) is 14.7. The molecule has 0 saturated carbocycles. The molecule has 0 spiro atoms. The van der Waals surface area contributed by atoms with Gasteiger partial charge in [-0.25, -0.2) is 0 Å². The number of benzene rings is 1. The molecule has 1 aliphatic rings. The fraction of sp³-hybridized carbons (Fsp3) is 0.533. The van der Waals surface area contributed by atoms with Crippen molar-refractivity contribution in [1.29, 1.82) is 0 Å². The first-order chi connectivity index (χ1) is 10.2. The highest BCUT2D eigenvalue weighted by Gasteiger charge is 2.15. The maximum atomic E-state index is 10.4. The average Bonchev–Trinajstić information content (AvgIpc) is 2.49. The van der Waals surface area contributed by atoms with Crippen molar-refractivity contribution >= 4 is 5.97 Å². The van der Waals surface area contributed by atoms with Crippen LogP contribution in [-0.4, -0.2) is 42.5 Å². The summed E-state index contributed by atoms with van der Waals surface area (Å²) in [6, 6.07) is 5.46. The number of carboxylic acids is 1. The molecule has 0 aliphatic carbocycles. The molecule has 0 bridgehead atoms. The van der Waals surface area contributed by atoms with E-state index in [1.165, 1.54) is 0 Å². The predicted molar refractivity (Wildman–Crippen MR) is 76.7 cm³/mol. The summed E-state index contributed by atoms with van der Waals surface area (Å²) in [5.74, 6) is 0.601. The Balaban J connectivity index is 1.73. The standard InChI is InChI=1S/C15H21NO5/c17-12(5-7-16-6-1-2-15(18)19)11-3-4-13-14(10-11)21-9-8-20-13/h3-4,10,12,16-17H,1-2,5-9H2,(H,18,19). The van der Waals surface area contributed by atoms with E-state index in [1.807, 2.05) is 18.2 Å². The molecule has 1 atom stereocenters. The Hall–Kier alpha value is -1.79. The molecular formula is C15H21NO5. The van der Waals surface area contributed by atoms with Crippen molar-refractivity contribution in [1.82, 2.24) is 5.32 Å². The SMILES string of the molecule is O=C(O)CCCNCCC(O)c1ccc2c(c1)OCCO2. The highest BCUT2D eigenvalue weighted by atomic mass is 16.6. The first kappa shape index (κ1) is 15.6. The Morgan fingerprint density at radius 2 is 2.00 bits per heavy atom. The topological polar surface area (TPSA) is 88.0 Å². The summed E-state index contributed by atoms with van der Waals surface area (Å²) in [6.45, 7) is 2.35. The van der Waals surface area contributed by atoms with Crippen molar-refractivity contribution < 1.29 is 24.5 Å². The number of aliphatic hydroxyl groups is 1. The Bertz CT molecular complexity index is 477. The summed E-state index contributed by atoms with van der Waals surface area (Å²) in [5.41, 5.74) is 0.798. The van der Waals surface area contributed by atoms with Crippen molar-refractivity contribution in [2.45, 2.75) is 25.4 Å². The van der Waals surface area contributed by atoms with Gasteiger partial charge in [-0.2, -0.15) is 0 Å². The lowest BCUT2D eigenvalue weighted by Gasteiger charge is -2.20. The van der Waals surface area contributed by atoms with Crippen molar-refractivity contribution in [2.24, 2.45) is 0 Å². The van der Waals surface area contributed by atoms with Crippen molar-refractivity contribution in [2.75, 3.05) is 26.3 Å². The van der Waals surface area contributed by atoms with Crippen LogP contribution in [0.1, 0.15) is 30.9 Å². The quantitative estimate of drug-likeness (QED) is 0.627. The molecule has 0 saturated heterocycles. The number of hydrogen-bond acceptors (Lipinski definition) is 5. The second-order valence-electron chi connectivity index (χ2n) is 4.95. The number of carboxylic acid groups (broad SMARTS) is 1. The first-order valence-electron chi connectivity index (χ1n) is 7.17. The van der Waals surface area contributed by atoms with Gasteiger partial charge in [0.2, 0.25) is 0 Å². The van der Waals surface area contributed by atoms with E-state index in [-0.39, 0.29) is 6.42 Å². The van der Waals surface area contributed by atoms with Gasteiger partial charge in [-0.1, -0.05) is 6.07 Å². The Morgan fingerprint density at radius 1 is 1.24 bits per heavy atom. The number of fused-ring (bicyclic) bond motifs is 1. The Morgan fingerprint density at radius 3 is 2.76 bits per heavy atom. The molecule has 116 valence electrons. The fourth-order valence-corrected chi connectivity index (χ4v) is 2.16. The molecule has 6 heteroatoms. The molecule has 6 nitrogen and oxygen atoms in total. The third-order valence-electron chi connectivity index (χ3n) is 3.29. The minimum absolute atomic E-state index is 0.164. The third kappa shape index (κ3) is 4.91. The summed E-state index contributed by atoms with van der Waals surface area (Å²) < 4.78 is 10.9. The molecule has 0 fully saturated rings. The van der Waals surface area contributed by atoms with Crippen LogP contribution >= 0.6 is 0 Å². The molecular weight excluding hydrogens is 274 g/mol. The molecule has 1 aliphatic heterocycles. The molecule has 1 aromatic carbocycles. The van der Waals surface area contributed by atoms with Crippen LogP contribution in [0.4, 0.5) is 0 Å². The zero-order valence-corrected chi connectivity index (χ0v) is 11.9. The van der Waals surface area contributed by atoms with E-state index in [0.29, 0.717) is 50.6 Å². The van der Waals surface area contributed by atoms with Gasteiger partial charge in [0.25, 0.3) is 0 Å². The summed E-state index contributed by atoms with van der Waals surface area (Å²) in [7, 11) is 0. The van der Waals surface area contributed by atoms with Crippen molar-refractivity contribution in [3.8, 4) is 11.5 Å². The molecule has 1 aromatic rings. The van der Waals surface area contributed by atoms with Gasteiger partial charge in [-0.3, -0.25) is 4.79 Å². The zero-order valence-electron chi connectivity index (χ0n) is 11.9. The van der Waals surface area contributed by atoms with Gasteiger partial charge >= 0.3 is 5.97 Å². The van der Waals surface area contributed by atoms with Crippen LogP contribution < -0.4 is 14.8 Å². The highest BCUT2D eigenvalue weighted by molar-refractivity contribution is 5.66. The molecule has 0 radical (unpaired) electrons. The van der Waals surface area contributed by atoms with Crippen LogP contribution in [0.15, 0.2) is 18.2 Å². The zero-order chi connectivity index (χ0) is 15.1. The Labute approximate surface area is 123 Å². The van der Waals surface area contributed by atoms with E-state index in [2.05, 4.69) is 5.32 Å². The second kappa shape index (κ2) is 7.85. The molecule has 3 N–H and O–H groups in total. The number of ether oxygens (including phenoxy) is 2. The Kier molecular flexibility index (Phi) is 5.83. The molecule has 0 amide bonds. The van der Waals surface area contributed by atoms with Crippen LogP contribution in [0.3, 0.4) is 0 Å². The average molecular weight is 295 g/mol. The minimum Gasteiger partial charge on any atom is -0.486 e. The van der Waals surface area contributed by atoms with Crippen molar-refractivity contribution in [3.63, 3.8) is 0 Å². The number of nitrogens with one attached hydrogen (secondary N) is 1. The van der Waals surface area contributed by atoms with Gasteiger partial charge < -0.3 is 25.0 Å². The van der Waals surface area contributed by atoms with Crippen LogP contribution in [0.25, 0.3) is 0 Å². The van der Waals surface area contributed by atoms with Gasteiger partial charge in [0.1, 0.15) is 13.2 Å². The van der Waals surface area contributed by atoms with Crippen LogP contribution in [-0.2, 0) is 4.79 Å². The number of rotatable bonds is 8.